The summed E-state index contributed by atoms with van der Waals surface area (Å²) in [6.07, 6.45) is 13.0. The Morgan fingerprint density at radius 3 is 2.20 bits per heavy atom. The van der Waals surface area contributed by atoms with E-state index in [4.69, 9.17) is 4.84 Å². The normalized spacial score (nSPS) is 16.5. The molecule has 0 aromatic heterocycles. The summed E-state index contributed by atoms with van der Waals surface area (Å²) in [6, 6.07) is 17.5. The van der Waals surface area contributed by atoms with Crippen molar-refractivity contribution in [2.75, 3.05) is 11.4 Å². The number of carbonyl (C=O) groups is 3. The number of rotatable bonds is 4. The van der Waals surface area contributed by atoms with E-state index < -0.39 is 0 Å². The highest BCUT2D eigenvalue weighted by Crippen LogP contribution is 2.38. The third-order valence-corrected chi connectivity index (χ3v) is 9.47. The highest BCUT2D eigenvalue weighted by Gasteiger charge is 2.30. The zero-order valence-corrected chi connectivity index (χ0v) is 30.0. The van der Waals surface area contributed by atoms with E-state index in [1.165, 1.54) is 11.1 Å². The number of benzene rings is 3. The van der Waals surface area contributed by atoms with Crippen LogP contribution >= 0.6 is 0 Å². The summed E-state index contributed by atoms with van der Waals surface area (Å²) >= 11 is 0. The lowest BCUT2D eigenvalue weighted by Crippen LogP contribution is -2.36. The maximum atomic E-state index is 14.1. The lowest BCUT2D eigenvalue weighted by molar-refractivity contribution is -0.114. The van der Waals surface area contributed by atoms with Gasteiger partial charge in [-0.05, 0) is 140 Å². The molecule has 4 bridgehead atoms. The van der Waals surface area contributed by atoms with Gasteiger partial charge in [0, 0.05) is 22.7 Å². The Hall–Kier alpha value is -5.75. The fourth-order valence-corrected chi connectivity index (χ4v) is 7.12. The Kier molecular flexibility index (Phi) is 9.31. The first kappa shape index (κ1) is 34.1. The molecule has 50 heavy (non-hydrogen) atoms. The zero-order valence-electron chi connectivity index (χ0n) is 30.0. The van der Waals surface area contributed by atoms with Crippen molar-refractivity contribution in [3.63, 3.8) is 0 Å². The predicted octanol–water partition coefficient (Wildman–Crippen LogP) is 9.12. The maximum absolute atomic E-state index is 14.1. The number of anilines is 1. The van der Waals surface area contributed by atoms with Gasteiger partial charge in [0.15, 0.2) is 11.5 Å². The van der Waals surface area contributed by atoms with Crippen LogP contribution in [0, 0.1) is 34.6 Å². The van der Waals surface area contributed by atoms with Gasteiger partial charge in [0.05, 0.1) is 17.8 Å². The molecule has 0 N–H and O–H groups in total. The quantitative estimate of drug-likeness (QED) is 0.205. The number of allylic oxidation sites excluding steroid dienone is 6. The molecule has 4 aromatic carbocycles. The monoisotopic (exact) mass is 662 g/mol. The second kappa shape index (κ2) is 13.6. The smallest absolute Gasteiger partial charge is 0.292 e. The molecule has 0 aliphatic carbocycles. The van der Waals surface area contributed by atoms with Gasteiger partial charge in [0.25, 0.3) is 11.8 Å². The van der Waals surface area contributed by atoms with Crippen molar-refractivity contribution < 1.29 is 19.2 Å². The molecule has 0 atom stereocenters. The van der Waals surface area contributed by atoms with Crippen molar-refractivity contribution in [2.24, 2.45) is 0 Å². The molecule has 6 heteroatoms. The van der Waals surface area contributed by atoms with Gasteiger partial charge in [0.2, 0.25) is 0 Å². The molecule has 0 fully saturated rings. The highest BCUT2D eigenvalue weighted by atomic mass is 16.7. The summed E-state index contributed by atoms with van der Waals surface area (Å²) in [6.45, 7) is 15.7. The first-order valence-corrected chi connectivity index (χ1v) is 16.9. The van der Waals surface area contributed by atoms with E-state index in [1.54, 1.807) is 11.0 Å². The number of hydrogen-bond acceptors (Lipinski definition) is 4. The summed E-state index contributed by atoms with van der Waals surface area (Å²) < 4.78 is 0. The minimum Gasteiger partial charge on any atom is -0.371 e. The highest BCUT2D eigenvalue weighted by molar-refractivity contribution is 6.15. The van der Waals surface area contributed by atoms with E-state index in [2.05, 4.69) is 0 Å². The van der Waals surface area contributed by atoms with Crippen molar-refractivity contribution in [2.45, 2.75) is 55.4 Å². The SMILES string of the molecule is C/C=C/C(C)=C\C(=C/C)N1Oc2ccc(C)/c3c4c(C)c(ccc4c4ccc(c2c4C)C1=O)C(=O)CN(c1cc(C)cc(C)c1)C(=O)/C=C/C=3. The van der Waals surface area contributed by atoms with Crippen LogP contribution < -0.4 is 15.0 Å². The number of nitrogens with zero attached hydrogens (tertiary/aromatic N) is 2. The maximum Gasteiger partial charge on any atom is 0.292 e. The summed E-state index contributed by atoms with van der Waals surface area (Å²) in [5, 5.41) is 5.74. The first-order valence-electron chi connectivity index (χ1n) is 16.9. The van der Waals surface area contributed by atoms with Gasteiger partial charge in [0.1, 0.15) is 0 Å². The number of Topliss-reactive ketones (excluding diaryl/α,β-unsaturated/α-hetero) is 1. The molecule has 0 spiro atoms. The number of ketones is 1. The lowest BCUT2D eigenvalue weighted by Gasteiger charge is -2.29. The van der Waals surface area contributed by atoms with Crippen molar-refractivity contribution in [3.8, 4) is 5.75 Å². The summed E-state index contributed by atoms with van der Waals surface area (Å²) in [5.41, 5.74) is 8.07. The van der Waals surface area contributed by atoms with E-state index in [9.17, 15) is 14.4 Å². The van der Waals surface area contributed by atoms with Gasteiger partial charge < -0.3 is 9.74 Å². The number of fused-ring (bicyclic) bond motifs is 3. The second-order valence-corrected chi connectivity index (χ2v) is 13.1. The van der Waals surface area contributed by atoms with E-state index >= 15 is 0 Å². The Morgan fingerprint density at radius 1 is 0.800 bits per heavy atom. The molecule has 252 valence electrons. The Morgan fingerprint density at radius 2 is 1.50 bits per heavy atom. The van der Waals surface area contributed by atoms with Crippen LogP contribution in [0.25, 0.3) is 27.6 Å². The molecular weight excluding hydrogens is 620 g/mol. The number of amides is 2. The van der Waals surface area contributed by atoms with Crippen LogP contribution in [0.5, 0.6) is 5.75 Å². The average molecular weight is 663 g/mol. The van der Waals surface area contributed by atoms with E-state index in [0.717, 1.165) is 60.2 Å². The standard InChI is InChI=1S/C44H42N2O4/c1-9-12-26(3)22-32(10-2)46-44(49)38-19-16-35-30(7)43(38)40(50-46)20-15-29(6)34-13-11-14-41(48)45(33-23-27(4)21-28(5)24-33)25-39(47)36-17-18-37(35)42(34)31(36)8/h9-24H,25H2,1-8H3/b12-9+,14-11+,26-22-,29-15?,32-10+,34-13+,40-20?. The van der Waals surface area contributed by atoms with Gasteiger partial charge in [-0.2, -0.15) is 0 Å². The van der Waals surface area contributed by atoms with Crippen LogP contribution in [0.15, 0.2) is 102 Å². The van der Waals surface area contributed by atoms with Crippen LogP contribution in [0.3, 0.4) is 0 Å². The number of aryl methyl sites for hydroxylation is 5. The van der Waals surface area contributed by atoms with E-state index in [1.807, 2.05) is 140 Å². The van der Waals surface area contributed by atoms with Crippen molar-refractivity contribution in [3.05, 3.63) is 146 Å². The molecule has 6 rings (SSSR count). The Bertz CT molecular complexity index is 2350. The summed E-state index contributed by atoms with van der Waals surface area (Å²) in [5.74, 6) is -0.116. The van der Waals surface area contributed by atoms with Crippen LogP contribution in [-0.4, -0.2) is 29.2 Å². The summed E-state index contributed by atoms with van der Waals surface area (Å²) in [7, 11) is 0. The van der Waals surface area contributed by atoms with E-state index in [0.29, 0.717) is 28.3 Å². The fraction of sp³-hybridized carbons (Fsp3) is 0.205. The molecule has 0 saturated carbocycles. The van der Waals surface area contributed by atoms with Crippen molar-refractivity contribution in [1.82, 2.24) is 5.06 Å². The third-order valence-electron chi connectivity index (χ3n) is 9.47. The summed E-state index contributed by atoms with van der Waals surface area (Å²) in [4.78, 5) is 49.8. The molecule has 0 radical (unpaired) electrons. The van der Waals surface area contributed by atoms with Crippen molar-refractivity contribution in [1.29, 1.82) is 0 Å². The number of hydrogen-bond donors (Lipinski definition) is 0. The van der Waals surface area contributed by atoms with Gasteiger partial charge in [-0.1, -0.05) is 60.7 Å². The molecular formula is C44H42N2O4. The lowest BCUT2D eigenvalue weighted by atomic mass is 9.91. The molecule has 2 amide bonds. The molecule has 0 saturated heterocycles. The van der Waals surface area contributed by atoms with Crippen LogP contribution in [0.2, 0.25) is 0 Å². The largest absolute Gasteiger partial charge is 0.371 e. The third kappa shape index (κ3) is 6.14. The number of carbonyl (C=O) groups excluding carboxylic acids is 3. The molecule has 2 aliphatic heterocycles. The average Bonchev–Trinajstić information content (AvgIpc) is 3.07. The van der Waals surface area contributed by atoms with Gasteiger partial charge in [-0.25, -0.2) is 0 Å². The minimum absolute atomic E-state index is 0.0899. The predicted molar refractivity (Wildman–Crippen MR) is 204 cm³/mol. The Labute approximate surface area is 293 Å². The molecule has 2 aliphatic rings. The minimum atomic E-state index is -0.272. The molecule has 0 unspecified atom stereocenters. The molecule has 4 aromatic rings. The Balaban J connectivity index is 1.64. The van der Waals surface area contributed by atoms with Crippen LogP contribution in [0.1, 0.15) is 69.3 Å². The second-order valence-electron chi connectivity index (χ2n) is 13.1. The topological polar surface area (TPSA) is 66.9 Å². The van der Waals surface area contributed by atoms with Gasteiger partial charge in [-0.3, -0.25) is 14.4 Å². The molecule has 2 heterocycles. The molecule has 6 nitrogen and oxygen atoms in total. The van der Waals surface area contributed by atoms with Gasteiger partial charge >= 0.3 is 0 Å². The first-order chi connectivity index (χ1) is 23.9. The fourth-order valence-electron chi connectivity index (χ4n) is 7.12. The van der Waals surface area contributed by atoms with Crippen molar-refractivity contribution >= 4 is 50.9 Å². The van der Waals surface area contributed by atoms with Crippen LogP contribution in [-0.2, 0) is 4.79 Å². The van der Waals surface area contributed by atoms with E-state index in [-0.39, 0.29) is 24.1 Å². The van der Waals surface area contributed by atoms with Gasteiger partial charge in [-0.15, -0.1) is 5.06 Å². The van der Waals surface area contributed by atoms with Crippen LogP contribution in [0.4, 0.5) is 5.69 Å². The zero-order chi connectivity index (χ0) is 35.9. The number of hydroxylamine groups is 2.